The molecule has 4 rings (SSSR count). The monoisotopic (exact) mass is 417 g/mol. The second kappa shape index (κ2) is 10.2. The fraction of sp³-hybridized carbons (Fsp3) is 0.269. The van der Waals surface area contributed by atoms with Gasteiger partial charge in [0, 0.05) is 18.9 Å². The highest BCUT2D eigenvalue weighted by Crippen LogP contribution is 2.44. The minimum atomic E-state index is -0.465. The Bertz CT molecular complexity index is 960. The van der Waals surface area contributed by atoms with Crippen molar-refractivity contribution >= 4 is 6.09 Å². The molecule has 0 bridgehead atoms. The predicted octanol–water partition coefficient (Wildman–Crippen LogP) is 4.15. The van der Waals surface area contributed by atoms with Gasteiger partial charge in [-0.05, 0) is 27.8 Å². The third-order valence-corrected chi connectivity index (χ3v) is 5.57. The Morgan fingerprint density at radius 1 is 0.903 bits per heavy atom. The summed E-state index contributed by atoms with van der Waals surface area (Å²) in [4.78, 5) is 12.4. The number of fused-ring (bicyclic) bond motifs is 3. The van der Waals surface area contributed by atoms with Crippen molar-refractivity contribution in [1.29, 1.82) is 0 Å². The van der Waals surface area contributed by atoms with Crippen molar-refractivity contribution < 1.29 is 19.4 Å². The zero-order chi connectivity index (χ0) is 21.5. The Morgan fingerprint density at radius 3 is 2.16 bits per heavy atom. The fourth-order valence-corrected chi connectivity index (χ4v) is 4.13. The topological polar surface area (TPSA) is 67.8 Å². The number of alkyl carbamates (subject to hydrolysis) is 1. The van der Waals surface area contributed by atoms with E-state index >= 15 is 0 Å². The van der Waals surface area contributed by atoms with Gasteiger partial charge in [0.1, 0.15) is 6.61 Å². The van der Waals surface area contributed by atoms with Gasteiger partial charge in [0.05, 0.1) is 19.3 Å². The zero-order valence-corrected chi connectivity index (χ0v) is 17.4. The summed E-state index contributed by atoms with van der Waals surface area (Å²) in [5.41, 5.74) is 5.88. The summed E-state index contributed by atoms with van der Waals surface area (Å²) >= 11 is 0. The number of carbonyl (C=O) groups excluding carboxylic acids is 1. The summed E-state index contributed by atoms with van der Waals surface area (Å²) in [6.45, 7) is 0.756. The number of benzene rings is 3. The third-order valence-electron chi connectivity index (χ3n) is 5.57. The Balaban J connectivity index is 1.34. The van der Waals surface area contributed by atoms with E-state index in [-0.39, 0.29) is 31.8 Å². The smallest absolute Gasteiger partial charge is 0.407 e. The van der Waals surface area contributed by atoms with Gasteiger partial charge >= 0.3 is 6.09 Å². The van der Waals surface area contributed by atoms with Crippen molar-refractivity contribution in [3.05, 3.63) is 95.6 Å². The van der Waals surface area contributed by atoms with Crippen LogP contribution in [-0.2, 0) is 15.9 Å². The first-order chi connectivity index (χ1) is 15.3. The maximum atomic E-state index is 12.4. The summed E-state index contributed by atoms with van der Waals surface area (Å²) in [6, 6.07) is 26.5. The number of ether oxygens (including phenoxy) is 2. The highest BCUT2D eigenvalue weighted by molar-refractivity contribution is 5.79. The fourth-order valence-electron chi connectivity index (χ4n) is 4.13. The molecule has 5 heteroatoms. The molecule has 160 valence electrons. The Kier molecular flexibility index (Phi) is 6.97. The van der Waals surface area contributed by atoms with Crippen LogP contribution in [0.1, 0.15) is 22.6 Å². The van der Waals surface area contributed by atoms with Gasteiger partial charge in [0.25, 0.3) is 0 Å². The summed E-state index contributed by atoms with van der Waals surface area (Å²) in [5.74, 6) is 0.0314. The molecule has 0 heterocycles. The largest absolute Gasteiger partial charge is 0.449 e. The van der Waals surface area contributed by atoms with Gasteiger partial charge in [-0.2, -0.15) is 0 Å². The lowest BCUT2D eigenvalue weighted by Crippen LogP contribution is -2.36. The normalized spacial score (nSPS) is 13.3. The molecule has 1 aliphatic rings. The SMILES string of the molecule is O=C(NCC(Cc1ccccc1)OCCO)OCC1c2ccccc2-c2ccccc21. The summed E-state index contributed by atoms with van der Waals surface area (Å²) in [6.07, 6.45) is -0.0626. The van der Waals surface area contributed by atoms with Crippen LogP contribution in [0.2, 0.25) is 0 Å². The lowest BCUT2D eigenvalue weighted by Gasteiger charge is -2.19. The summed E-state index contributed by atoms with van der Waals surface area (Å²) < 4.78 is 11.3. The Hall–Kier alpha value is -3.15. The number of hydrogen-bond acceptors (Lipinski definition) is 4. The third kappa shape index (κ3) is 5.13. The van der Waals surface area contributed by atoms with Crippen LogP contribution in [0.15, 0.2) is 78.9 Å². The van der Waals surface area contributed by atoms with Crippen LogP contribution in [0.25, 0.3) is 11.1 Å². The second-order valence-corrected chi connectivity index (χ2v) is 7.61. The van der Waals surface area contributed by atoms with E-state index in [9.17, 15) is 4.79 Å². The maximum absolute atomic E-state index is 12.4. The molecule has 3 aromatic carbocycles. The molecule has 0 spiro atoms. The highest BCUT2D eigenvalue weighted by Gasteiger charge is 2.29. The van der Waals surface area contributed by atoms with E-state index < -0.39 is 6.09 Å². The first-order valence-corrected chi connectivity index (χ1v) is 10.6. The summed E-state index contributed by atoms with van der Waals surface area (Å²) in [7, 11) is 0. The van der Waals surface area contributed by atoms with Crippen molar-refractivity contribution in [3.63, 3.8) is 0 Å². The van der Waals surface area contributed by atoms with Crippen LogP contribution in [0.5, 0.6) is 0 Å². The van der Waals surface area contributed by atoms with E-state index in [4.69, 9.17) is 14.6 Å². The number of nitrogens with one attached hydrogen (secondary N) is 1. The van der Waals surface area contributed by atoms with Gasteiger partial charge in [-0.25, -0.2) is 4.79 Å². The van der Waals surface area contributed by atoms with E-state index in [1.807, 2.05) is 54.6 Å². The van der Waals surface area contributed by atoms with Gasteiger partial charge in [0.15, 0.2) is 0 Å². The van der Waals surface area contributed by atoms with E-state index in [1.54, 1.807) is 0 Å². The molecule has 0 aliphatic heterocycles. The van der Waals surface area contributed by atoms with E-state index in [0.29, 0.717) is 13.0 Å². The second-order valence-electron chi connectivity index (χ2n) is 7.61. The molecule has 0 saturated carbocycles. The quantitative estimate of drug-likeness (QED) is 0.549. The summed E-state index contributed by atoms with van der Waals surface area (Å²) in [5, 5.41) is 11.9. The minimum Gasteiger partial charge on any atom is -0.449 e. The van der Waals surface area contributed by atoms with Gasteiger partial charge in [-0.1, -0.05) is 78.9 Å². The predicted molar refractivity (Wildman–Crippen MR) is 120 cm³/mol. The van der Waals surface area contributed by atoms with Crippen LogP contribution < -0.4 is 5.32 Å². The molecule has 0 radical (unpaired) electrons. The molecule has 0 aromatic heterocycles. The van der Waals surface area contributed by atoms with Crippen molar-refractivity contribution in [1.82, 2.24) is 5.32 Å². The van der Waals surface area contributed by atoms with Gasteiger partial charge in [-0.3, -0.25) is 0 Å². The van der Waals surface area contributed by atoms with Crippen LogP contribution in [0.4, 0.5) is 4.79 Å². The molecule has 31 heavy (non-hydrogen) atoms. The Labute approximate surface area is 182 Å². The molecule has 1 unspecified atom stereocenters. The number of amides is 1. The number of hydrogen-bond donors (Lipinski definition) is 2. The molecular weight excluding hydrogens is 390 g/mol. The average molecular weight is 418 g/mol. The first-order valence-electron chi connectivity index (χ1n) is 10.6. The van der Waals surface area contributed by atoms with Crippen molar-refractivity contribution in [3.8, 4) is 11.1 Å². The van der Waals surface area contributed by atoms with Crippen molar-refractivity contribution in [2.75, 3.05) is 26.4 Å². The maximum Gasteiger partial charge on any atom is 0.407 e. The minimum absolute atomic E-state index is 0.0314. The average Bonchev–Trinajstić information content (AvgIpc) is 3.14. The first kappa shape index (κ1) is 21.1. The van der Waals surface area contributed by atoms with E-state index in [2.05, 4.69) is 29.6 Å². The standard InChI is InChI=1S/C26H27NO4/c28-14-15-30-20(16-19-8-2-1-3-9-19)17-27-26(29)31-18-25-23-12-6-4-10-21(23)22-11-5-7-13-24(22)25/h1-13,20,25,28H,14-18H2,(H,27,29). The van der Waals surface area contributed by atoms with E-state index in [0.717, 1.165) is 5.56 Å². The van der Waals surface area contributed by atoms with Crippen LogP contribution in [-0.4, -0.2) is 43.7 Å². The molecule has 1 atom stereocenters. The van der Waals surface area contributed by atoms with Crippen LogP contribution in [0, 0.1) is 0 Å². The lowest BCUT2D eigenvalue weighted by molar-refractivity contribution is 0.0285. The van der Waals surface area contributed by atoms with Crippen LogP contribution in [0.3, 0.4) is 0 Å². The molecule has 5 nitrogen and oxygen atoms in total. The molecule has 0 saturated heterocycles. The van der Waals surface area contributed by atoms with Gasteiger partial charge in [0.2, 0.25) is 0 Å². The molecular formula is C26H27NO4. The zero-order valence-electron chi connectivity index (χ0n) is 17.4. The number of aliphatic hydroxyl groups excluding tert-OH is 1. The molecule has 3 aromatic rings. The lowest BCUT2D eigenvalue weighted by atomic mass is 9.98. The number of aliphatic hydroxyl groups is 1. The van der Waals surface area contributed by atoms with Crippen molar-refractivity contribution in [2.45, 2.75) is 18.4 Å². The number of rotatable bonds is 9. The van der Waals surface area contributed by atoms with E-state index in [1.165, 1.54) is 22.3 Å². The molecule has 0 fully saturated rings. The molecule has 1 aliphatic carbocycles. The molecule has 2 N–H and O–H groups in total. The van der Waals surface area contributed by atoms with Gasteiger partial charge in [-0.15, -0.1) is 0 Å². The highest BCUT2D eigenvalue weighted by atomic mass is 16.5. The van der Waals surface area contributed by atoms with Crippen molar-refractivity contribution in [2.24, 2.45) is 0 Å². The number of carbonyl (C=O) groups is 1. The Morgan fingerprint density at radius 2 is 1.52 bits per heavy atom. The van der Waals surface area contributed by atoms with Gasteiger partial charge < -0.3 is 19.9 Å². The van der Waals surface area contributed by atoms with Crippen LogP contribution >= 0.6 is 0 Å². The molecule has 1 amide bonds.